The first kappa shape index (κ1) is 15.7. The summed E-state index contributed by atoms with van der Waals surface area (Å²) >= 11 is 5.73. The van der Waals surface area contributed by atoms with Crippen LogP contribution in [-0.4, -0.2) is 21.9 Å². The van der Waals surface area contributed by atoms with Crippen molar-refractivity contribution >= 4 is 23.2 Å². The third kappa shape index (κ3) is 3.50. The topological polar surface area (TPSA) is 85.1 Å². The van der Waals surface area contributed by atoms with Crippen molar-refractivity contribution < 1.29 is 9.72 Å². The fraction of sp³-hybridized carbons (Fsp3) is 0.571. The standard InChI is InChI=1S/C14H18ClN3O3/c1-8-3-4-11(9(2)7-8)17-14(19)10-5-6-16-13(15)12(10)18(20)21/h5-6,8-9,11H,3-4,7H2,1-2H3,(H,17,19). The van der Waals surface area contributed by atoms with Gasteiger partial charge in [0.2, 0.25) is 5.15 Å². The van der Waals surface area contributed by atoms with Crippen molar-refractivity contribution in [2.45, 2.75) is 39.2 Å². The molecule has 0 spiro atoms. The van der Waals surface area contributed by atoms with Crippen molar-refractivity contribution in [3.8, 4) is 0 Å². The van der Waals surface area contributed by atoms with Gasteiger partial charge in [0.1, 0.15) is 5.56 Å². The summed E-state index contributed by atoms with van der Waals surface area (Å²) in [6.45, 7) is 4.29. The molecule has 1 aromatic rings. The Morgan fingerprint density at radius 2 is 2.19 bits per heavy atom. The number of rotatable bonds is 3. The molecule has 1 aromatic heterocycles. The zero-order chi connectivity index (χ0) is 15.6. The lowest BCUT2D eigenvalue weighted by molar-refractivity contribution is -0.385. The molecule has 6 nitrogen and oxygen atoms in total. The summed E-state index contributed by atoms with van der Waals surface area (Å²) in [7, 11) is 0. The number of aromatic nitrogens is 1. The van der Waals surface area contributed by atoms with E-state index >= 15 is 0 Å². The van der Waals surface area contributed by atoms with Gasteiger partial charge < -0.3 is 5.32 Å². The van der Waals surface area contributed by atoms with Gasteiger partial charge in [-0.25, -0.2) is 4.98 Å². The van der Waals surface area contributed by atoms with E-state index in [1.807, 2.05) is 0 Å². The van der Waals surface area contributed by atoms with Gasteiger partial charge in [0.15, 0.2) is 0 Å². The predicted molar refractivity (Wildman–Crippen MR) is 79.3 cm³/mol. The van der Waals surface area contributed by atoms with E-state index in [9.17, 15) is 14.9 Å². The summed E-state index contributed by atoms with van der Waals surface area (Å²) < 4.78 is 0. The lowest BCUT2D eigenvalue weighted by Gasteiger charge is -2.33. The van der Waals surface area contributed by atoms with E-state index in [0.29, 0.717) is 11.8 Å². The Kier molecular flexibility index (Phi) is 4.77. The van der Waals surface area contributed by atoms with E-state index in [2.05, 4.69) is 24.1 Å². The Morgan fingerprint density at radius 3 is 2.81 bits per heavy atom. The predicted octanol–water partition coefficient (Wildman–Crippen LogP) is 3.20. The Labute approximate surface area is 128 Å². The maximum atomic E-state index is 12.3. The highest BCUT2D eigenvalue weighted by atomic mass is 35.5. The van der Waals surface area contributed by atoms with Crippen molar-refractivity contribution in [1.29, 1.82) is 0 Å². The van der Waals surface area contributed by atoms with Crippen molar-refractivity contribution in [2.24, 2.45) is 11.8 Å². The van der Waals surface area contributed by atoms with Gasteiger partial charge in [-0.1, -0.05) is 25.4 Å². The minimum absolute atomic E-state index is 0.0363. The zero-order valence-electron chi connectivity index (χ0n) is 12.0. The fourth-order valence-corrected chi connectivity index (χ4v) is 3.14. The molecule has 1 fully saturated rings. The van der Waals surface area contributed by atoms with Crippen LogP contribution < -0.4 is 5.32 Å². The first-order chi connectivity index (χ1) is 9.90. The molecule has 0 saturated heterocycles. The normalized spacial score (nSPS) is 25.4. The van der Waals surface area contributed by atoms with Crippen LogP contribution in [0.3, 0.4) is 0 Å². The number of nitro groups is 1. The fourth-order valence-electron chi connectivity index (χ4n) is 2.91. The average Bonchev–Trinajstić information content (AvgIpc) is 2.41. The van der Waals surface area contributed by atoms with Crippen molar-refractivity contribution in [3.63, 3.8) is 0 Å². The van der Waals surface area contributed by atoms with Gasteiger partial charge >= 0.3 is 5.69 Å². The Hall–Kier alpha value is -1.69. The van der Waals surface area contributed by atoms with E-state index in [0.717, 1.165) is 19.3 Å². The Bertz CT molecular complexity index is 564. The van der Waals surface area contributed by atoms with Gasteiger partial charge in [0, 0.05) is 12.2 Å². The van der Waals surface area contributed by atoms with Gasteiger partial charge in [-0.05, 0) is 37.2 Å². The minimum atomic E-state index is -0.670. The molecule has 1 amide bonds. The molecule has 1 aliphatic rings. The van der Waals surface area contributed by atoms with E-state index < -0.39 is 16.5 Å². The smallest absolute Gasteiger partial charge is 0.319 e. The van der Waals surface area contributed by atoms with Gasteiger partial charge in [0.25, 0.3) is 5.91 Å². The summed E-state index contributed by atoms with van der Waals surface area (Å²) in [5, 5.41) is 13.7. The number of carbonyl (C=O) groups is 1. The molecule has 0 bridgehead atoms. The molecular weight excluding hydrogens is 294 g/mol. The number of hydrogen-bond acceptors (Lipinski definition) is 4. The molecule has 2 rings (SSSR count). The van der Waals surface area contributed by atoms with Crippen molar-refractivity contribution in [2.75, 3.05) is 0 Å². The van der Waals surface area contributed by atoms with Crippen LogP contribution in [0, 0.1) is 22.0 Å². The summed E-state index contributed by atoms with van der Waals surface area (Å²) in [5.74, 6) is 0.546. The Morgan fingerprint density at radius 1 is 1.48 bits per heavy atom. The molecule has 0 aromatic carbocycles. The number of nitrogens with zero attached hydrogens (tertiary/aromatic N) is 2. The maximum Gasteiger partial charge on any atom is 0.319 e. The first-order valence-electron chi connectivity index (χ1n) is 7.00. The zero-order valence-corrected chi connectivity index (χ0v) is 12.8. The third-order valence-electron chi connectivity index (χ3n) is 4.05. The summed E-state index contributed by atoms with van der Waals surface area (Å²) in [4.78, 5) is 26.4. The lowest BCUT2D eigenvalue weighted by atomic mass is 9.80. The van der Waals surface area contributed by atoms with Crippen LogP contribution in [0.4, 0.5) is 5.69 Å². The molecular formula is C14H18ClN3O3. The number of pyridine rings is 1. The largest absolute Gasteiger partial charge is 0.349 e. The SMILES string of the molecule is CC1CCC(NC(=O)c2ccnc(Cl)c2[N+](=O)[O-])C(C)C1. The lowest BCUT2D eigenvalue weighted by Crippen LogP contribution is -2.42. The van der Waals surface area contributed by atoms with E-state index in [-0.39, 0.29) is 16.8 Å². The highest BCUT2D eigenvalue weighted by Crippen LogP contribution is 2.30. The van der Waals surface area contributed by atoms with E-state index in [1.54, 1.807) is 0 Å². The van der Waals surface area contributed by atoms with Crippen molar-refractivity contribution in [1.82, 2.24) is 10.3 Å². The molecule has 3 atom stereocenters. The molecule has 1 saturated carbocycles. The summed E-state index contributed by atoms with van der Waals surface area (Å²) in [6.07, 6.45) is 4.29. The van der Waals surface area contributed by atoms with Gasteiger partial charge in [-0.15, -0.1) is 0 Å². The first-order valence-corrected chi connectivity index (χ1v) is 7.37. The summed E-state index contributed by atoms with van der Waals surface area (Å²) in [6, 6.07) is 1.37. The Balaban J connectivity index is 2.18. The van der Waals surface area contributed by atoms with Crippen LogP contribution in [0.1, 0.15) is 43.5 Å². The second kappa shape index (κ2) is 6.39. The van der Waals surface area contributed by atoms with Crippen LogP contribution in [0.2, 0.25) is 5.15 Å². The van der Waals surface area contributed by atoms with Crippen LogP contribution in [0.15, 0.2) is 12.3 Å². The summed E-state index contributed by atoms with van der Waals surface area (Å²) in [5.41, 5.74) is -0.473. The average molecular weight is 312 g/mol. The number of hydrogen-bond donors (Lipinski definition) is 1. The van der Waals surface area contributed by atoms with Crippen molar-refractivity contribution in [3.05, 3.63) is 33.1 Å². The third-order valence-corrected chi connectivity index (χ3v) is 4.33. The number of halogens is 1. The molecule has 114 valence electrons. The van der Waals surface area contributed by atoms with Gasteiger partial charge in [-0.2, -0.15) is 0 Å². The molecule has 0 aliphatic heterocycles. The van der Waals surface area contributed by atoms with Crippen LogP contribution in [0.25, 0.3) is 0 Å². The van der Waals surface area contributed by atoms with E-state index in [4.69, 9.17) is 11.6 Å². The van der Waals surface area contributed by atoms with Crippen LogP contribution >= 0.6 is 11.6 Å². The molecule has 1 N–H and O–H groups in total. The molecule has 3 unspecified atom stereocenters. The molecule has 21 heavy (non-hydrogen) atoms. The quantitative estimate of drug-likeness (QED) is 0.527. The second-order valence-electron chi connectivity index (χ2n) is 5.73. The molecule has 7 heteroatoms. The number of nitrogens with one attached hydrogen (secondary N) is 1. The maximum absolute atomic E-state index is 12.3. The van der Waals surface area contributed by atoms with Gasteiger partial charge in [0.05, 0.1) is 4.92 Å². The number of carbonyl (C=O) groups excluding carboxylic acids is 1. The monoisotopic (exact) mass is 311 g/mol. The highest BCUT2D eigenvalue weighted by molar-refractivity contribution is 6.32. The molecule has 1 aliphatic carbocycles. The van der Waals surface area contributed by atoms with Crippen LogP contribution in [-0.2, 0) is 0 Å². The molecule has 1 heterocycles. The minimum Gasteiger partial charge on any atom is -0.349 e. The van der Waals surface area contributed by atoms with Crippen LogP contribution in [0.5, 0.6) is 0 Å². The van der Waals surface area contributed by atoms with Gasteiger partial charge in [-0.3, -0.25) is 14.9 Å². The molecule has 0 radical (unpaired) electrons. The second-order valence-corrected chi connectivity index (χ2v) is 6.09. The van der Waals surface area contributed by atoms with E-state index in [1.165, 1.54) is 12.3 Å². The number of amides is 1. The highest BCUT2D eigenvalue weighted by Gasteiger charge is 2.30.